The molecule has 49 heavy (non-hydrogen) atoms. The molecule has 6 atom stereocenters. The summed E-state index contributed by atoms with van der Waals surface area (Å²) in [4.78, 5) is 70.7. The van der Waals surface area contributed by atoms with Gasteiger partial charge in [0.25, 0.3) is 5.69 Å². The molecule has 2 amide bonds. The number of carbonyl (C=O) groups excluding carboxylic acids is 4. The Kier molecular flexibility index (Phi) is 8.78. The summed E-state index contributed by atoms with van der Waals surface area (Å²) >= 11 is 17.4. The fraction of sp³-hybridized carbons (Fsp3) is 0.286. The van der Waals surface area contributed by atoms with Gasteiger partial charge >= 0.3 is 5.97 Å². The van der Waals surface area contributed by atoms with Crippen molar-refractivity contribution in [3.63, 3.8) is 0 Å². The number of fused-ring (bicyclic) bond motifs is 6. The van der Waals surface area contributed by atoms with Gasteiger partial charge < -0.3 is 4.74 Å². The maximum Gasteiger partial charge on any atom is 0.339 e. The van der Waals surface area contributed by atoms with Crippen molar-refractivity contribution >= 4 is 105 Å². The van der Waals surface area contributed by atoms with E-state index in [9.17, 15) is 29.3 Å². The number of Topliss-reactive ketones (excluding diaryl/α,β-unsaturated/α-hetero) is 1. The monoisotopic (exact) mass is 871 g/mol. The highest BCUT2D eigenvalue weighted by Gasteiger charge is 2.66. The molecule has 1 aromatic heterocycles. The van der Waals surface area contributed by atoms with Crippen LogP contribution >= 0.6 is 59.4 Å². The normalized spacial score (nSPS) is 24.1. The number of halogens is 4. The molecular formula is C35H25Br3ClN3O7. The highest BCUT2D eigenvalue weighted by molar-refractivity contribution is 9.12. The van der Waals surface area contributed by atoms with Crippen molar-refractivity contribution in [2.24, 2.45) is 23.7 Å². The fourth-order valence-corrected chi connectivity index (χ4v) is 9.98. The van der Waals surface area contributed by atoms with Crippen LogP contribution in [0.15, 0.2) is 59.1 Å². The number of alkyl halides is 2. The molecule has 2 aliphatic carbocycles. The van der Waals surface area contributed by atoms with Crippen molar-refractivity contribution in [1.82, 2.24) is 4.98 Å². The number of imide groups is 1. The van der Waals surface area contributed by atoms with Gasteiger partial charge in [-0.25, -0.2) is 9.78 Å². The van der Waals surface area contributed by atoms with E-state index in [-0.39, 0.29) is 62.0 Å². The Bertz CT molecular complexity index is 2110. The van der Waals surface area contributed by atoms with E-state index in [0.717, 1.165) is 12.5 Å². The summed E-state index contributed by atoms with van der Waals surface area (Å²) in [6, 6.07) is 14.1. The Morgan fingerprint density at radius 2 is 1.63 bits per heavy atom. The summed E-state index contributed by atoms with van der Waals surface area (Å²) in [5, 5.41) is 12.2. The number of nitro groups is 1. The molecule has 0 N–H and O–H groups in total. The average Bonchev–Trinajstić information content (AvgIpc) is 3.70. The molecule has 1 aliphatic heterocycles. The number of hydrogen-bond acceptors (Lipinski definition) is 8. The summed E-state index contributed by atoms with van der Waals surface area (Å²) in [5.74, 6) is -2.26. The lowest BCUT2D eigenvalue weighted by molar-refractivity contribution is -0.385. The first kappa shape index (κ1) is 34.0. The maximum absolute atomic E-state index is 13.6. The minimum absolute atomic E-state index is 0.0427. The van der Waals surface area contributed by atoms with Gasteiger partial charge in [0, 0.05) is 42.3 Å². The van der Waals surface area contributed by atoms with E-state index in [0.29, 0.717) is 48.5 Å². The van der Waals surface area contributed by atoms with E-state index in [1.165, 1.54) is 17.0 Å². The summed E-state index contributed by atoms with van der Waals surface area (Å²) in [6.45, 7) is 2.69. The molecule has 7 rings (SSSR count). The van der Waals surface area contributed by atoms with E-state index >= 15 is 0 Å². The molecule has 0 spiro atoms. The van der Waals surface area contributed by atoms with Crippen LogP contribution in [-0.2, 0) is 14.3 Å². The molecule has 0 radical (unpaired) electrons. The number of ether oxygens (including phenoxy) is 1. The second-order valence-electron chi connectivity index (χ2n) is 12.6. The fourth-order valence-electron chi connectivity index (χ4n) is 7.43. The second-order valence-corrected chi connectivity index (χ2v) is 15.9. The molecule has 14 heteroatoms. The zero-order valence-corrected chi connectivity index (χ0v) is 31.3. The third-order valence-electron chi connectivity index (χ3n) is 9.91. The molecule has 10 nitrogen and oxygen atoms in total. The van der Waals surface area contributed by atoms with Gasteiger partial charge in [-0.05, 0) is 77.9 Å². The van der Waals surface area contributed by atoms with E-state index in [1.54, 1.807) is 50.2 Å². The number of pyridine rings is 1. The van der Waals surface area contributed by atoms with Crippen molar-refractivity contribution in [1.29, 1.82) is 0 Å². The van der Waals surface area contributed by atoms with Gasteiger partial charge in [-0.15, -0.1) is 0 Å². The maximum atomic E-state index is 13.6. The van der Waals surface area contributed by atoms with Crippen LogP contribution in [0.5, 0.6) is 0 Å². The quantitative estimate of drug-likeness (QED) is 0.0453. The van der Waals surface area contributed by atoms with Crippen molar-refractivity contribution in [2.75, 3.05) is 11.5 Å². The predicted molar refractivity (Wildman–Crippen MR) is 194 cm³/mol. The average molecular weight is 875 g/mol. The van der Waals surface area contributed by atoms with Gasteiger partial charge in [0.1, 0.15) is 0 Å². The van der Waals surface area contributed by atoms with Gasteiger partial charge in [-0.2, -0.15) is 0 Å². The Labute approximate surface area is 310 Å². The topological polar surface area (TPSA) is 137 Å². The molecule has 250 valence electrons. The van der Waals surface area contributed by atoms with E-state index in [1.807, 2.05) is 0 Å². The first-order valence-corrected chi connectivity index (χ1v) is 18.3. The lowest BCUT2D eigenvalue weighted by Gasteiger charge is -2.28. The molecule has 3 fully saturated rings. The Balaban J connectivity index is 1.19. The van der Waals surface area contributed by atoms with Crippen LogP contribution in [0.3, 0.4) is 0 Å². The van der Waals surface area contributed by atoms with E-state index in [4.69, 9.17) is 21.3 Å². The first-order valence-electron chi connectivity index (χ1n) is 15.3. The minimum Gasteiger partial charge on any atom is -0.454 e. The van der Waals surface area contributed by atoms with Crippen LogP contribution in [0, 0.1) is 47.6 Å². The third kappa shape index (κ3) is 5.53. The number of benzene rings is 3. The Morgan fingerprint density at radius 3 is 2.24 bits per heavy atom. The van der Waals surface area contributed by atoms with E-state index in [2.05, 4.69) is 47.8 Å². The lowest BCUT2D eigenvalue weighted by atomic mass is 9.81. The number of aromatic nitrogens is 1. The highest BCUT2D eigenvalue weighted by Crippen LogP contribution is 2.60. The van der Waals surface area contributed by atoms with Crippen molar-refractivity contribution < 1.29 is 28.8 Å². The van der Waals surface area contributed by atoms with Crippen LogP contribution in [0.2, 0.25) is 5.02 Å². The second kappa shape index (κ2) is 12.7. The Morgan fingerprint density at radius 1 is 1.00 bits per heavy atom. The number of anilines is 1. The van der Waals surface area contributed by atoms with Gasteiger partial charge in [0.05, 0.1) is 44.2 Å². The zero-order valence-electron chi connectivity index (χ0n) is 25.8. The molecular weight excluding hydrogens is 850 g/mol. The molecule has 2 saturated carbocycles. The smallest absolute Gasteiger partial charge is 0.339 e. The molecule has 3 aliphatic rings. The summed E-state index contributed by atoms with van der Waals surface area (Å²) in [5.41, 5.74) is 2.84. The standard InChI is InChI=1S/C35H25Br3ClN3O7/c1-14-3-4-17(9-25(14)42(47)48)26(43)13-49-35(46)20-12-24(40-32-15(2)31(39)23(36)11-19(20)32)16-5-7-18(8-6-16)41-33(44)27-21-10-22(28(27)34(41)45)30(38)29(21)37/h3-9,11-12,21-22,27-30H,10,13H2,1-2H3. The van der Waals surface area contributed by atoms with Crippen LogP contribution < -0.4 is 4.90 Å². The minimum atomic E-state index is -0.807. The third-order valence-corrected chi connectivity index (χ3v) is 14.5. The summed E-state index contributed by atoms with van der Waals surface area (Å²) < 4.78 is 5.98. The summed E-state index contributed by atoms with van der Waals surface area (Å²) in [7, 11) is 0. The molecule has 6 unspecified atom stereocenters. The van der Waals surface area contributed by atoms with Gasteiger partial charge in [0.2, 0.25) is 17.6 Å². The zero-order chi connectivity index (χ0) is 35.0. The number of nitrogens with zero attached hydrogens (tertiary/aromatic N) is 3. The lowest BCUT2D eigenvalue weighted by Crippen LogP contribution is -2.37. The van der Waals surface area contributed by atoms with Crippen LogP contribution in [-0.4, -0.2) is 49.7 Å². The number of esters is 1. The van der Waals surface area contributed by atoms with Crippen molar-refractivity contribution in [2.45, 2.75) is 29.9 Å². The first-order chi connectivity index (χ1) is 23.3. The molecule has 2 bridgehead atoms. The number of amides is 2. The van der Waals surface area contributed by atoms with Gasteiger partial charge in [-0.3, -0.25) is 29.4 Å². The predicted octanol–water partition coefficient (Wildman–Crippen LogP) is 8.16. The van der Waals surface area contributed by atoms with Gasteiger partial charge in [-0.1, -0.05) is 67.7 Å². The van der Waals surface area contributed by atoms with Crippen molar-refractivity contribution in [3.05, 3.63) is 96.5 Å². The Hall–Kier alpha value is -3.52. The summed E-state index contributed by atoms with van der Waals surface area (Å²) in [6.07, 6.45) is 0.840. The van der Waals surface area contributed by atoms with Gasteiger partial charge in [0.15, 0.2) is 6.61 Å². The van der Waals surface area contributed by atoms with Crippen LogP contribution in [0.25, 0.3) is 22.2 Å². The van der Waals surface area contributed by atoms with Crippen LogP contribution in [0.4, 0.5) is 11.4 Å². The number of carbonyl (C=O) groups is 4. The number of aryl methyl sites for hydroxylation is 2. The highest BCUT2D eigenvalue weighted by atomic mass is 79.9. The molecule has 3 aromatic carbocycles. The number of rotatable bonds is 7. The largest absolute Gasteiger partial charge is 0.454 e. The van der Waals surface area contributed by atoms with Crippen LogP contribution in [0.1, 0.15) is 38.3 Å². The van der Waals surface area contributed by atoms with E-state index < -0.39 is 23.3 Å². The molecule has 2 heterocycles. The number of ketones is 1. The molecule has 4 aromatic rings. The number of hydrogen-bond donors (Lipinski definition) is 0. The molecule has 1 saturated heterocycles. The van der Waals surface area contributed by atoms with Crippen molar-refractivity contribution in [3.8, 4) is 11.3 Å². The number of nitro benzene ring substituents is 1. The SMILES string of the molecule is Cc1ccc(C(=O)COC(=O)c2cc(-c3ccc(N4C(=O)C5C6CC(C(Br)C6Br)C5C4=O)cc3)nc3c(C)c(Cl)c(Br)cc23)cc1[N+](=O)[O-].